The van der Waals surface area contributed by atoms with Crippen LogP contribution in [0.4, 0.5) is 14.6 Å². The average molecular weight is 403 g/mol. The van der Waals surface area contributed by atoms with Crippen molar-refractivity contribution in [2.45, 2.75) is 44.1 Å². The van der Waals surface area contributed by atoms with Crippen LogP contribution in [0.25, 0.3) is 0 Å². The smallest absolute Gasteiger partial charge is 0.318 e. The first-order valence-corrected chi connectivity index (χ1v) is 9.88. The second-order valence-electron chi connectivity index (χ2n) is 7.44. The van der Waals surface area contributed by atoms with Crippen LogP contribution in [-0.2, 0) is 14.9 Å². The van der Waals surface area contributed by atoms with E-state index in [1.807, 2.05) is 0 Å². The second kappa shape index (κ2) is 7.93. The van der Waals surface area contributed by atoms with Crippen LogP contribution in [0.3, 0.4) is 0 Å². The fraction of sp³-hybridized carbons (Fsp3) is 0.476. The van der Waals surface area contributed by atoms with E-state index >= 15 is 0 Å². The van der Waals surface area contributed by atoms with Crippen LogP contribution >= 0.6 is 0 Å². The number of carbonyl (C=O) groups is 1. The number of benzene rings is 1. The van der Waals surface area contributed by atoms with Crippen LogP contribution in [0, 0.1) is 11.6 Å². The molecule has 1 aromatic carbocycles. The number of carbonyl (C=O) groups excluding carboxylic acids is 1. The predicted molar refractivity (Wildman–Crippen MR) is 102 cm³/mol. The lowest BCUT2D eigenvalue weighted by Gasteiger charge is -2.32. The first-order valence-electron chi connectivity index (χ1n) is 9.88. The maximum Gasteiger partial charge on any atom is 0.318 e. The highest BCUT2D eigenvalue weighted by Gasteiger charge is 2.54. The summed E-state index contributed by atoms with van der Waals surface area (Å²) in [5.41, 5.74) is 0.0337. The number of esters is 1. The Morgan fingerprint density at radius 3 is 2.55 bits per heavy atom. The minimum Gasteiger partial charge on any atom is -0.487 e. The molecule has 2 aromatic rings. The standard InChI is InChI=1S/C21H23F2N3O3/c1-2-28-20(27)21(7-8-21)18-12-25-19(13-24-18)26-9-5-15(6-10-26)29-17-4-3-14(22)11-16(17)23/h3-4,11-13,15H,2,5-10H2,1H3. The highest BCUT2D eigenvalue weighted by molar-refractivity contribution is 5.85. The van der Waals surface area contributed by atoms with E-state index in [0.29, 0.717) is 38.2 Å². The third-order valence-electron chi connectivity index (χ3n) is 5.50. The molecule has 0 atom stereocenters. The normalized spacial score (nSPS) is 18.4. The summed E-state index contributed by atoms with van der Waals surface area (Å²) in [7, 11) is 0. The molecule has 0 radical (unpaired) electrons. The summed E-state index contributed by atoms with van der Waals surface area (Å²) in [6, 6.07) is 3.33. The minimum absolute atomic E-state index is 0.0719. The number of hydrogen-bond acceptors (Lipinski definition) is 6. The monoisotopic (exact) mass is 403 g/mol. The van der Waals surface area contributed by atoms with Gasteiger partial charge in [0.05, 0.1) is 24.7 Å². The van der Waals surface area contributed by atoms with E-state index in [1.165, 1.54) is 12.1 Å². The highest BCUT2D eigenvalue weighted by atomic mass is 19.1. The van der Waals surface area contributed by atoms with E-state index in [-0.39, 0.29) is 17.8 Å². The molecule has 4 rings (SSSR count). The van der Waals surface area contributed by atoms with E-state index in [0.717, 1.165) is 24.7 Å². The van der Waals surface area contributed by atoms with Crippen molar-refractivity contribution in [1.82, 2.24) is 9.97 Å². The van der Waals surface area contributed by atoms with Gasteiger partial charge in [0, 0.05) is 32.0 Å². The first-order chi connectivity index (χ1) is 14.0. The quantitative estimate of drug-likeness (QED) is 0.689. The molecule has 0 unspecified atom stereocenters. The third kappa shape index (κ3) is 4.02. The molecular formula is C21H23F2N3O3. The largest absolute Gasteiger partial charge is 0.487 e. The summed E-state index contributed by atoms with van der Waals surface area (Å²) >= 11 is 0. The van der Waals surface area contributed by atoms with Gasteiger partial charge in [-0.05, 0) is 31.9 Å². The van der Waals surface area contributed by atoms with Gasteiger partial charge < -0.3 is 14.4 Å². The van der Waals surface area contributed by atoms with Crippen molar-refractivity contribution < 1.29 is 23.0 Å². The Kier molecular flexibility index (Phi) is 5.34. The summed E-state index contributed by atoms with van der Waals surface area (Å²) < 4.78 is 37.6. The molecule has 1 aromatic heterocycles. The molecule has 1 aliphatic carbocycles. The van der Waals surface area contributed by atoms with E-state index in [4.69, 9.17) is 9.47 Å². The predicted octanol–water partition coefficient (Wildman–Crippen LogP) is 3.40. The van der Waals surface area contributed by atoms with Gasteiger partial charge in [0.2, 0.25) is 0 Å². The SMILES string of the molecule is CCOC(=O)C1(c2cnc(N3CCC(Oc4ccc(F)cc4F)CC3)cn2)CC1. The summed E-state index contributed by atoms with van der Waals surface area (Å²) in [5.74, 6) is -0.734. The maximum atomic E-state index is 13.8. The number of aromatic nitrogens is 2. The van der Waals surface area contributed by atoms with E-state index in [1.54, 1.807) is 19.3 Å². The first kappa shape index (κ1) is 19.5. The van der Waals surface area contributed by atoms with E-state index < -0.39 is 17.0 Å². The van der Waals surface area contributed by atoms with Crippen LogP contribution in [0.15, 0.2) is 30.6 Å². The van der Waals surface area contributed by atoms with Gasteiger partial charge in [-0.2, -0.15) is 0 Å². The molecule has 29 heavy (non-hydrogen) atoms. The van der Waals surface area contributed by atoms with Crippen molar-refractivity contribution in [3.63, 3.8) is 0 Å². The van der Waals surface area contributed by atoms with Crippen molar-refractivity contribution in [3.05, 3.63) is 47.9 Å². The number of anilines is 1. The molecular weight excluding hydrogens is 380 g/mol. The van der Waals surface area contributed by atoms with Crippen molar-refractivity contribution >= 4 is 11.8 Å². The van der Waals surface area contributed by atoms with E-state index in [2.05, 4.69) is 14.9 Å². The maximum absolute atomic E-state index is 13.8. The van der Waals surface area contributed by atoms with Crippen LogP contribution in [0.5, 0.6) is 5.75 Å². The van der Waals surface area contributed by atoms with Crippen LogP contribution in [0.2, 0.25) is 0 Å². The van der Waals surface area contributed by atoms with Crippen LogP contribution < -0.4 is 9.64 Å². The lowest BCUT2D eigenvalue weighted by atomic mass is 10.0. The van der Waals surface area contributed by atoms with Gasteiger partial charge in [0.15, 0.2) is 11.6 Å². The number of hydrogen-bond donors (Lipinski definition) is 0. The molecule has 2 fully saturated rings. The Hall–Kier alpha value is -2.77. The summed E-state index contributed by atoms with van der Waals surface area (Å²) in [4.78, 5) is 23.2. The Morgan fingerprint density at radius 1 is 1.21 bits per heavy atom. The molecule has 1 saturated heterocycles. The molecule has 1 aliphatic heterocycles. The average Bonchev–Trinajstić information content (AvgIpc) is 3.53. The van der Waals surface area contributed by atoms with Gasteiger partial charge in [0.1, 0.15) is 23.2 Å². The van der Waals surface area contributed by atoms with Gasteiger partial charge in [0.25, 0.3) is 0 Å². The summed E-state index contributed by atoms with van der Waals surface area (Å²) in [6.45, 7) is 3.51. The van der Waals surface area contributed by atoms with Crippen molar-refractivity contribution in [2.75, 3.05) is 24.6 Å². The Morgan fingerprint density at radius 2 is 1.97 bits per heavy atom. The Labute approximate surface area is 167 Å². The molecule has 0 N–H and O–H groups in total. The van der Waals surface area contributed by atoms with Gasteiger partial charge in [-0.3, -0.25) is 9.78 Å². The number of nitrogens with zero attached hydrogens (tertiary/aromatic N) is 3. The number of rotatable bonds is 6. The number of halogens is 2. The number of ether oxygens (including phenoxy) is 2. The van der Waals surface area contributed by atoms with Crippen LogP contribution in [0.1, 0.15) is 38.3 Å². The third-order valence-corrected chi connectivity index (χ3v) is 5.50. The second-order valence-corrected chi connectivity index (χ2v) is 7.44. The topological polar surface area (TPSA) is 64.5 Å². The lowest BCUT2D eigenvalue weighted by molar-refractivity contribution is -0.146. The highest BCUT2D eigenvalue weighted by Crippen LogP contribution is 2.48. The summed E-state index contributed by atoms with van der Waals surface area (Å²) in [5, 5.41) is 0. The molecule has 0 bridgehead atoms. The van der Waals surface area contributed by atoms with Gasteiger partial charge in [-0.15, -0.1) is 0 Å². The van der Waals surface area contributed by atoms with Crippen LogP contribution in [-0.4, -0.2) is 41.7 Å². The van der Waals surface area contributed by atoms with E-state index in [9.17, 15) is 13.6 Å². The zero-order valence-corrected chi connectivity index (χ0v) is 16.2. The Balaban J connectivity index is 1.35. The van der Waals surface area contributed by atoms with Gasteiger partial charge >= 0.3 is 5.97 Å². The molecule has 0 amide bonds. The fourth-order valence-electron chi connectivity index (χ4n) is 3.64. The lowest BCUT2D eigenvalue weighted by Crippen LogP contribution is -2.39. The Bertz CT molecular complexity index is 879. The number of piperidine rings is 1. The van der Waals surface area contributed by atoms with Crippen molar-refractivity contribution in [2.24, 2.45) is 0 Å². The summed E-state index contributed by atoms with van der Waals surface area (Å²) in [6.07, 6.45) is 6.06. The molecule has 154 valence electrons. The molecule has 2 heterocycles. The molecule has 8 heteroatoms. The molecule has 6 nitrogen and oxygen atoms in total. The zero-order valence-electron chi connectivity index (χ0n) is 16.2. The van der Waals surface area contributed by atoms with Gasteiger partial charge in [-0.25, -0.2) is 13.8 Å². The molecule has 1 saturated carbocycles. The minimum atomic E-state index is -0.690. The van der Waals surface area contributed by atoms with Crippen molar-refractivity contribution in [1.29, 1.82) is 0 Å². The molecule has 0 spiro atoms. The fourth-order valence-corrected chi connectivity index (χ4v) is 3.64. The zero-order chi connectivity index (χ0) is 20.4. The molecule has 2 aliphatic rings. The van der Waals surface area contributed by atoms with Gasteiger partial charge in [-0.1, -0.05) is 0 Å². The van der Waals surface area contributed by atoms with Crippen molar-refractivity contribution in [3.8, 4) is 5.75 Å².